The smallest absolute Gasteiger partial charge is 0.221 e. The van der Waals surface area contributed by atoms with Crippen LogP contribution < -0.4 is 5.73 Å². The lowest BCUT2D eigenvalue weighted by molar-refractivity contribution is -0.122. The number of phenols is 1. The van der Waals surface area contributed by atoms with Crippen molar-refractivity contribution in [2.75, 3.05) is 0 Å². The molecule has 0 radical (unpaired) electrons. The average Bonchev–Trinajstić information content (AvgIpc) is 2.61. The second-order valence-electron chi connectivity index (χ2n) is 5.76. The molecule has 3 N–H and O–H groups in total. The molecule has 0 aliphatic carbocycles. The lowest BCUT2D eigenvalue weighted by Gasteiger charge is -2.25. The highest BCUT2D eigenvalue weighted by molar-refractivity contribution is 5.86. The van der Waals surface area contributed by atoms with E-state index in [-0.39, 0.29) is 11.7 Å². The van der Waals surface area contributed by atoms with Crippen molar-refractivity contribution in [3.63, 3.8) is 0 Å². The third-order valence-corrected chi connectivity index (χ3v) is 4.37. The summed E-state index contributed by atoms with van der Waals surface area (Å²) in [5.41, 5.74) is 7.63. The topological polar surface area (TPSA) is 89.1 Å². The predicted octanol–water partition coefficient (Wildman–Crippen LogP) is 2.98. The van der Waals surface area contributed by atoms with Crippen LogP contribution in [0, 0.1) is 5.92 Å². The number of fused-ring (bicyclic) bond motifs is 1. The van der Waals surface area contributed by atoms with Crippen LogP contribution in [0.5, 0.6) is 5.75 Å². The number of rotatable bonds is 5. The molecule has 1 amide bonds. The zero-order chi connectivity index (χ0) is 17.1. The van der Waals surface area contributed by atoms with Gasteiger partial charge in [-0.05, 0) is 24.1 Å². The first-order valence-electron chi connectivity index (χ1n) is 7.89. The number of aromatic nitrogens is 2. The Morgan fingerprint density at radius 2 is 2.00 bits per heavy atom. The van der Waals surface area contributed by atoms with Gasteiger partial charge in [0.15, 0.2) is 0 Å². The SMILES string of the molecule is CCC(C(N)=O)C(c1cccnc1)c1ccc2cccnc2c1O. The van der Waals surface area contributed by atoms with E-state index in [2.05, 4.69) is 9.97 Å². The van der Waals surface area contributed by atoms with Crippen molar-refractivity contribution >= 4 is 16.8 Å². The molecular formula is C19H19N3O2. The van der Waals surface area contributed by atoms with Crippen molar-refractivity contribution in [1.29, 1.82) is 0 Å². The van der Waals surface area contributed by atoms with E-state index in [9.17, 15) is 9.90 Å². The maximum Gasteiger partial charge on any atom is 0.221 e. The van der Waals surface area contributed by atoms with E-state index in [1.165, 1.54) is 0 Å². The number of benzene rings is 1. The molecule has 0 saturated carbocycles. The number of phenolic OH excluding ortho intramolecular Hbond substituents is 1. The van der Waals surface area contributed by atoms with Gasteiger partial charge in [-0.15, -0.1) is 0 Å². The molecule has 2 atom stereocenters. The van der Waals surface area contributed by atoms with E-state index in [0.29, 0.717) is 17.5 Å². The first-order chi connectivity index (χ1) is 11.6. The third kappa shape index (κ3) is 2.80. The predicted molar refractivity (Wildman–Crippen MR) is 92.5 cm³/mol. The Labute approximate surface area is 140 Å². The summed E-state index contributed by atoms with van der Waals surface area (Å²) >= 11 is 0. The van der Waals surface area contributed by atoms with Crippen LogP contribution in [-0.4, -0.2) is 21.0 Å². The zero-order valence-electron chi connectivity index (χ0n) is 13.4. The number of amides is 1. The minimum absolute atomic E-state index is 0.0849. The van der Waals surface area contributed by atoms with Crippen molar-refractivity contribution in [2.45, 2.75) is 19.3 Å². The molecule has 3 rings (SSSR count). The molecule has 2 unspecified atom stereocenters. The van der Waals surface area contributed by atoms with Crippen molar-refractivity contribution in [2.24, 2.45) is 11.7 Å². The van der Waals surface area contributed by atoms with Gasteiger partial charge in [-0.2, -0.15) is 0 Å². The fourth-order valence-corrected chi connectivity index (χ4v) is 3.19. The normalized spacial score (nSPS) is 13.5. The van der Waals surface area contributed by atoms with Gasteiger partial charge >= 0.3 is 0 Å². The molecule has 0 aliphatic heterocycles. The van der Waals surface area contributed by atoms with Gasteiger partial charge in [-0.25, -0.2) is 0 Å². The van der Waals surface area contributed by atoms with E-state index in [1.54, 1.807) is 18.6 Å². The number of carbonyl (C=O) groups is 1. The summed E-state index contributed by atoms with van der Waals surface area (Å²) in [5.74, 6) is -1.12. The van der Waals surface area contributed by atoms with Gasteiger partial charge in [0.1, 0.15) is 11.3 Å². The highest BCUT2D eigenvalue weighted by Gasteiger charge is 2.30. The van der Waals surface area contributed by atoms with Crippen LogP contribution in [0.3, 0.4) is 0 Å². The second kappa shape index (κ2) is 6.66. The van der Waals surface area contributed by atoms with Gasteiger partial charge < -0.3 is 10.8 Å². The van der Waals surface area contributed by atoms with E-state index in [0.717, 1.165) is 10.9 Å². The number of carbonyl (C=O) groups excluding carboxylic acids is 1. The van der Waals surface area contributed by atoms with Crippen LogP contribution >= 0.6 is 0 Å². The van der Waals surface area contributed by atoms with Crippen molar-refractivity contribution in [3.05, 3.63) is 66.1 Å². The van der Waals surface area contributed by atoms with E-state index in [4.69, 9.17) is 5.73 Å². The lowest BCUT2D eigenvalue weighted by atomic mass is 9.79. The Bertz CT molecular complexity index is 865. The fourth-order valence-electron chi connectivity index (χ4n) is 3.19. The van der Waals surface area contributed by atoms with Crippen molar-refractivity contribution in [1.82, 2.24) is 9.97 Å². The molecule has 0 fully saturated rings. The summed E-state index contributed by atoms with van der Waals surface area (Å²) in [7, 11) is 0. The molecule has 0 aliphatic rings. The Kier molecular flexibility index (Phi) is 4.42. The summed E-state index contributed by atoms with van der Waals surface area (Å²) < 4.78 is 0. The molecule has 2 aromatic heterocycles. The number of nitrogens with two attached hydrogens (primary N) is 1. The van der Waals surface area contributed by atoms with E-state index >= 15 is 0 Å². The van der Waals surface area contributed by atoms with Gasteiger partial charge in [0.05, 0.1) is 0 Å². The van der Waals surface area contributed by atoms with E-state index in [1.807, 2.05) is 43.3 Å². The fraction of sp³-hybridized carbons (Fsp3) is 0.211. The minimum Gasteiger partial charge on any atom is -0.505 e. The summed E-state index contributed by atoms with van der Waals surface area (Å²) in [6.45, 7) is 1.91. The largest absolute Gasteiger partial charge is 0.505 e. The van der Waals surface area contributed by atoms with Crippen LogP contribution in [0.15, 0.2) is 55.0 Å². The van der Waals surface area contributed by atoms with Crippen LogP contribution in [0.2, 0.25) is 0 Å². The quantitative estimate of drug-likeness (QED) is 0.756. The standard InChI is InChI=1S/C19H19N3O2/c1-2-14(19(20)24)16(13-6-3-9-21-11-13)15-8-7-12-5-4-10-22-17(12)18(15)23/h3-11,14,16,23H,2H2,1H3,(H2,20,24). The maximum absolute atomic E-state index is 12.0. The highest BCUT2D eigenvalue weighted by Crippen LogP contribution is 2.40. The Morgan fingerprint density at radius 3 is 2.67 bits per heavy atom. The monoisotopic (exact) mass is 321 g/mol. The van der Waals surface area contributed by atoms with Crippen molar-refractivity contribution in [3.8, 4) is 5.75 Å². The van der Waals surface area contributed by atoms with Gasteiger partial charge in [-0.3, -0.25) is 14.8 Å². The Hall–Kier alpha value is -2.95. The van der Waals surface area contributed by atoms with Crippen LogP contribution in [0.25, 0.3) is 10.9 Å². The molecule has 0 bridgehead atoms. The number of hydrogen-bond donors (Lipinski definition) is 2. The van der Waals surface area contributed by atoms with Gasteiger partial charge in [0.2, 0.25) is 5.91 Å². The van der Waals surface area contributed by atoms with Gasteiger partial charge in [0.25, 0.3) is 0 Å². The first kappa shape index (κ1) is 15.9. The average molecular weight is 321 g/mol. The van der Waals surface area contributed by atoms with Crippen LogP contribution in [0.1, 0.15) is 30.4 Å². The van der Waals surface area contributed by atoms with Crippen LogP contribution in [0.4, 0.5) is 0 Å². The van der Waals surface area contributed by atoms with Gasteiger partial charge in [0, 0.05) is 41.4 Å². The minimum atomic E-state index is -0.443. The molecule has 24 heavy (non-hydrogen) atoms. The number of hydrogen-bond acceptors (Lipinski definition) is 4. The first-order valence-corrected chi connectivity index (χ1v) is 7.89. The molecule has 3 aromatic rings. The molecule has 5 nitrogen and oxygen atoms in total. The molecular weight excluding hydrogens is 302 g/mol. The summed E-state index contributed by atoms with van der Waals surface area (Å²) in [4.78, 5) is 20.4. The number of aromatic hydroxyl groups is 1. The lowest BCUT2D eigenvalue weighted by Crippen LogP contribution is -2.29. The number of nitrogens with zero attached hydrogens (tertiary/aromatic N) is 2. The van der Waals surface area contributed by atoms with E-state index < -0.39 is 11.8 Å². The third-order valence-electron chi connectivity index (χ3n) is 4.37. The van der Waals surface area contributed by atoms with Crippen LogP contribution in [-0.2, 0) is 4.79 Å². The molecule has 122 valence electrons. The van der Waals surface area contributed by atoms with Crippen molar-refractivity contribution < 1.29 is 9.90 Å². The zero-order valence-corrected chi connectivity index (χ0v) is 13.4. The summed E-state index contributed by atoms with van der Waals surface area (Å²) in [6.07, 6.45) is 5.58. The summed E-state index contributed by atoms with van der Waals surface area (Å²) in [5, 5.41) is 11.6. The molecule has 0 saturated heterocycles. The second-order valence-corrected chi connectivity index (χ2v) is 5.76. The highest BCUT2D eigenvalue weighted by atomic mass is 16.3. The number of pyridine rings is 2. The molecule has 1 aromatic carbocycles. The Morgan fingerprint density at radius 1 is 1.21 bits per heavy atom. The number of primary amides is 1. The summed E-state index contributed by atoms with van der Waals surface area (Å²) in [6, 6.07) is 11.1. The molecule has 0 spiro atoms. The molecule has 5 heteroatoms. The Balaban J connectivity index is 2.22. The van der Waals surface area contributed by atoms with Gasteiger partial charge in [-0.1, -0.05) is 31.2 Å². The maximum atomic E-state index is 12.0. The molecule has 2 heterocycles.